The number of nitrogens with zero attached hydrogens (tertiary/aromatic N) is 4. The summed E-state index contributed by atoms with van der Waals surface area (Å²) in [7, 11) is 3.87. The largest absolute Gasteiger partial charge is 0.497 e. The van der Waals surface area contributed by atoms with Crippen LogP contribution in [-0.4, -0.2) is 40.8 Å². The highest BCUT2D eigenvalue weighted by Gasteiger charge is 2.33. The third-order valence-electron chi connectivity index (χ3n) is 7.01. The van der Waals surface area contributed by atoms with Gasteiger partial charge in [0.1, 0.15) is 5.75 Å². The van der Waals surface area contributed by atoms with E-state index in [9.17, 15) is 0 Å². The first-order valence-electron chi connectivity index (χ1n) is 12.2. The van der Waals surface area contributed by atoms with Crippen molar-refractivity contribution in [3.63, 3.8) is 0 Å². The van der Waals surface area contributed by atoms with Crippen molar-refractivity contribution in [3.05, 3.63) is 71.9 Å². The quantitative estimate of drug-likeness (QED) is 0.383. The first kappa shape index (κ1) is 24.1. The van der Waals surface area contributed by atoms with E-state index in [1.807, 2.05) is 42.7 Å². The fourth-order valence-corrected chi connectivity index (χ4v) is 5.11. The zero-order valence-corrected chi connectivity index (χ0v) is 20.9. The van der Waals surface area contributed by atoms with Crippen LogP contribution < -0.4 is 4.74 Å². The maximum atomic E-state index is 6.04. The Bertz CT molecular complexity index is 1080. The van der Waals surface area contributed by atoms with Crippen molar-refractivity contribution < 1.29 is 9.15 Å². The molecule has 3 aromatic rings. The molecule has 0 bridgehead atoms. The summed E-state index contributed by atoms with van der Waals surface area (Å²) in [6, 6.07) is 11.9. The molecule has 1 aliphatic rings. The molecule has 0 aliphatic heterocycles. The molecule has 0 fully saturated rings. The van der Waals surface area contributed by atoms with Gasteiger partial charge in [0.25, 0.3) is 0 Å². The molecule has 6 heteroatoms. The number of rotatable bonds is 9. The van der Waals surface area contributed by atoms with Crippen LogP contribution in [0.2, 0.25) is 0 Å². The first-order chi connectivity index (χ1) is 16.4. The Labute approximate surface area is 203 Å². The van der Waals surface area contributed by atoms with Gasteiger partial charge in [0.2, 0.25) is 11.8 Å². The molecule has 34 heavy (non-hydrogen) atoms. The molecular weight excluding hydrogens is 424 g/mol. The van der Waals surface area contributed by atoms with Gasteiger partial charge in [-0.15, -0.1) is 10.2 Å². The zero-order valence-electron chi connectivity index (χ0n) is 20.9. The van der Waals surface area contributed by atoms with Gasteiger partial charge in [0.15, 0.2) is 0 Å². The molecule has 4 rings (SSSR count). The van der Waals surface area contributed by atoms with Crippen LogP contribution in [0.4, 0.5) is 0 Å². The number of methoxy groups -OCH3 is 1. The lowest BCUT2D eigenvalue weighted by Gasteiger charge is -2.38. The number of hydrogen-bond acceptors (Lipinski definition) is 6. The van der Waals surface area contributed by atoms with E-state index in [1.165, 1.54) is 11.1 Å². The summed E-state index contributed by atoms with van der Waals surface area (Å²) < 4.78 is 11.3. The van der Waals surface area contributed by atoms with Crippen LogP contribution in [0.1, 0.15) is 38.6 Å². The van der Waals surface area contributed by atoms with Gasteiger partial charge < -0.3 is 14.1 Å². The Morgan fingerprint density at radius 1 is 1.15 bits per heavy atom. The van der Waals surface area contributed by atoms with Crippen molar-refractivity contribution in [2.45, 2.75) is 40.2 Å². The van der Waals surface area contributed by atoms with Crippen LogP contribution in [0, 0.1) is 23.7 Å². The maximum absolute atomic E-state index is 6.04. The number of hydrogen-bond donors (Lipinski definition) is 0. The van der Waals surface area contributed by atoms with Crippen LogP contribution in [-0.2, 0) is 13.0 Å². The Kier molecular flexibility index (Phi) is 7.78. The number of pyridine rings is 1. The summed E-state index contributed by atoms with van der Waals surface area (Å²) in [5, 5.41) is 8.65. The average Bonchev–Trinajstić information content (AvgIpc) is 3.29. The summed E-state index contributed by atoms with van der Waals surface area (Å²) in [4.78, 5) is 6.67. The highest BCUT2D eigenvalue weighted by molar-refractivity contribution is 5.53. The third-order valence-corrected chi connectivity index (χ3v) is 7.01. The predicted octanol–water partition coefficient (Wildman–Crippen LogP) is 5.67. The summed E-state index contributed by atoms with van der Waals surface area (Å²) >= 11 is 0. The van der Waals surface area contributed by atoms with Crippen LogP contribution >= 0.6 is 0 Å². The fourth-order valence-electron chi connectivity index (χ4n) is 5.11. The molecule has 2 heterocycles. The Balaban J connectivity index is 1.43. The topological polar surface area (TPSA) is 64.3 Å². The van der Waals surface area contributed by atoms with Gasteiger partial charge in [-0.25, -0.2) is 0 Å². The minimum atomic E-state index is 0.427. The molecule has 180 valence electrons. The molecule has 0 spiro atoms. The molecule has 2 aromatic heterocycles. The van der Waals surface area contributed by atoms with Crippen LogP contribution in [0.15, 0.2) is 64.9 Å². The van der Waals surface area contributed by atoms with Crippen molar-refractivity contribution in [1.82, 2.24) is 20.1 Å². The minimum Gasteiger partial charge on any atom is -0.497 e. The molecule has 0 saturated heterocycles. The standard InChI is InChI=1S/C28H36N4O2/c1-19(2)26-14-23(15-27-30-31-28(34-27)22-8-10-25(33-5)11-9-22)20(3)13-24(26)18-32(4)17-21-7-6-12-29-16-21/h6-13,16,19,23-24,26H,14-15,17-18H2,1-5H3/t23-,24-,26-/m0/s1. The molecule has 1 aromatic carbocycles. The molecule has 0 saturated carbocycles. The van der Waals surface area contributed by atoms with E-state index in [-0.39, 0.29) is 0 Å². The monoisotopic (exact) mass is 460 g/mol. The zero-order chi connectivity index (χ0) is 24.1. The molecule has 0 N–H and O–H groups in total. The molecule has 0 amide bonds. The van der Waals surface area contributed by atoms with Crippen LogP contribution in [0.3, 0.4) is 0 Å². The lowest BCUT2D eigenvalue weighted by Crippen LogP contribution is -2.35. The van der Waals surface area contributed by atoms with E-state index in [1.54, 1.807) is 7.11 Å². The Hall–Kier alpha value is -2.99. The molecule has 1 aliphatic carbocycles. The second-order valence-electron chi connectivity index (χ2n) is 9.91. The van der Waals surface area contributed by atoms with E-state index in [0.717, 1.165) is 37.2 Å². The van der Waals surface area contributed by atoms with Gasteiger partial charge in [-0.05, 0) is 80.0 Å². The molecule has 0 unspecified atom stereocenters. The van der Waals surface area contributed by atoms with Gasteiger partial charge in [-0.1, -0.05) is 31.6 Å². The second kappa shape index (κ2) is 11.0. The van der Waals surface area contributed by atoms with Gasteiger partial charge >= 0.3 is 0 Å². The summed E-state index contributed by atoms with van der Waals surface area (Å²) in [5.41, 5.74) is 3.60. The molecular formula is C28H36N4O2. The Morgan fingerprint density at radius 3 is 2.62 bits per heavy atom. The fraction of sp³-hybridized carbons (Fsp3) is 0.464. The minimum absolute atomic E-state index is 0.427. The summed E-state index contributed by atoms with van der Waals surface area (Å²) in [5.74, 6) is 4.28. The molecule has 6 nitrogen and oxygen atoms in total. The third kappa shape index (κ3) is 5.92. The predicted molar refractivity (Wildman–Crippen MR) is 134 cm³/mol. The normalized spacial score (nSPS) is 20.6. The van der Waals surface area contributed by atoms with Crippen LogP contribution in [0.25, 0.3) is 11.5 Å². The van der Waals surface area contributed by atoms with E-state index in [4.69, 9.17) is 9.15 Å². The van der Waals surface area contributed by atoms with Crippen molar-refractivity contribution >= 4 is 0 Å². The SMILES string of the molecule is COc1ccc(-c2nnc(C[C@@H]3C[C@@H](C(C)C)[C@H](CN(C)Cc4cccnc4)C=C3C)o2)cc1. The Morgan fingerprint density at radius 2 is 1.94 bits per heavy atom. The average molecular weight is 461 g/mol. The highest BCUT2D eigenvalue weighted by atomic mass is 16.5. The number of benzene rings is 1. The first-order valence-corrected chi connectivity index (χ1v) is 12.2. The van der Waals surface area contributed by atoms with E-state index >= 15 is 0 Å². The van der Waals surface area contributed by atoms with Crippen molar-refractivity contribution in [2.24, 2.45) is 23.7 Å². The van der Waals surface area contributed by atoms with Gasteiger partial charge in [0.05, 0.1) is 7.11 Å². The lowest BCUT2D eigenvalue weighted by molar-refractivity contribution is 0.173. The summed E-state index contributed by atoms with van der Waals surface area (Å²) in [6.07, 6.45) is 8.21. The lowest BCUT2D eigenvalue weighted by atomic mass is 9.69. The number of allylic oxidation sites excluding steroid dienone is 1. The summed E-state index contributed by atoms with van der Waals surface area (Å²) in [6.45, 7) is 8.92. The van der Waals surface area contributed by atoms with E-state index < -0.39 is 0 Å². The highest BCUT2D eigenvalue weighted by Crippen LogP contribution is 2.39. The molecule has 3 atom stereocenters. The molecule has 0 radical (unpaired) electrons. The maximum Gasteiger partial charge on any atom is 0.247 e. The van der Waals surface area contributed by atoms with Crippen molar-refractivity contribution in [1.29, 1.82) is 0 Å². The van der Waals surface area contributed by atoms with Crippen molar-refractivity contribution in [2.75, 3.05) is 20.7 Å². The van der Waals surface area contributed by atoms with E-state index in [0.29, 0.717) is 35.5 Å². The van der Waals surface area contributed by atoms with Gasteiger partial charge in [0, 0.05) is 37.5 Å². The number of ether oxygens (including phenoxy) is 1. The smallest absolute Gasteiger partial charge is 0.247 e. The second-order valence-corrected chi connectivity index (χ2v) is 9.91. The van der Waals surface area contributed by atoms with Gasteiger partial charge in [-0.2, -0.15) is 0 Å². The number of aromatic nitrogens is 3. The van der Waals surface area contributed by atoms with Crippen LogP contribution in [0.5, 0.6) is 5.75 Å². The van der Waals surface area contributed by atoms with E-state index in [2.05, 4.69) is 60.0 Å². The van der Waals surface area contributed by atoms with Crippen molar-refractivity contribution in [3.8, 4) is 17.2 Å². The van der Waals surface area contributed by atoms with Gasteiger partial charge in [-0.3, -0.25) is 4.98 Å².